The number of hydrogen-bond acceptors (Lipinski definition) is 6. The molecule has 4 N–H and O–H groups in total. The molecule has 0 unspecified atom stereocenters. The van der Waals surface area contributed by atoms with Crippen molar-refractivity contribution in [2.75, 3.05) is 16.0 Å². The number of nitrogens with one attached hydrogen (secondary N) is 4. The lowest BCUT2D eigenvalue weighted by molar-refractivity contribution is -0.123. The Hall–Kier alpha value is -4.37. The van der Waals surface area contributed by atoms with Gasteiger partial charge in [0.2, 0.25) is 17.8 Å². The van der Waals surface area contributed by atoms with Gasteiger partial charge in [-0.2, -0.15) is 4.98 Å². The molecule has 5 rings (SSSR count). The van der Waals surface area contributed by atoms with Crippen molar-refractivity contribution in [3.05, 3.63) is 100 Å². The maximum atomic E-state index is 13.3. The van der Waals surface area contributed by atoms with Crippen molar-refractivity contribution in [3.63, 3.8) is 0 Å². The summed E-state index contributed by atoms with van der Waals surface area (Å²) in [6.45, 7) is 1.97. The summed E-state index contributed by atoms with van der Waals surface area (Å²) in [5, 5.41) is 8.58. The van der Waals surface area contributed by atoms with Crippen molar-refractivity contribution in [1.82, 2.24) is 9.97 Å². The fourth-order valence-electron chi connectivity index (χ4n) is 3.92. The third-order valence-electron chi connectivity index (χ3n) is 5.70. The highest BCUT2D eigenvalue weighted by Crippen LogP contribution is 2.35. The molecule has 1 aromatic heterocycles. The van der Waals surface area contributed by atoms with Gasteiger partial charge in [-0.1, -0.05) is 59.8 Å². The van der Waals surface area contributed by atoms with Crippen molar-refractivity contribution >= 4 is 46.7 Å². The van der Waals surface area contributed by atoms with E-state index in [4.69, 9.17) is 0 Å². The van der Waals surface area contributed by atoms with E-state index in [1.807, 2.05) is 79.7 Å². The van der Waals surface area contributed by atoms with Crippen LogP contribution in [0.15, 0.2) is 93.4 Å². The molecule has 0 saturated carbocycles. The van der Waals surface area contributed by atoms with Gasteiger partial charge in [0.1, 0.15) is 5.82 Å². The van der Waals surface area contributed by atoms with E-state index in [9.17, 15) is 14.4 Å². The summed E-state index contributed by atoms with van der Waals surface area (Å²) >= 11 is 1.51. The molecule has 4 aromatic rings. The molecular formula is C27H23N5O3S. The molecule has 0 bridgehead atoms. The number of H-pyrrole nitrogens is 1. The molecule has 1 aliphatic rings. The standard InChI is InChI=1S/C27H23N5O3S/c1-16-11-13-17(14-12-16)28-27-31-24-23(26(35)32-27)19(15-22(33)30-24)25(34)29-20-9-5-6-10-21(20)36-18-7-3-2-4-8-18/h2-14,19H,15H2,1H3,(H,29,34)(H3,28,30,31,32,33,35)/t19-/m0/s1. The molecule has 0 aliphatic carbocycles. The van der Waals surface area contributed by atoms with Crippen LogP contribution in [0.2, 0.25) is 0 Å². The molecule has 36 heavy (non-hydrogen) atoms. The first-order valence-corrected chi connectivity index (χ1v) is 12.2. The number of amides is 2. The van der Waals surface area contributed by atoms with Crippen LogP contribution in [0, 0.1) is 6.92 Å². The number of rotatable bonds is 6. The van der Waals surface area contributed by atoms with E-state index in [0.29, 0.717) is 5.69 Å². The lowest BCUT2D eigenvalue weighted by Gasteiger charge is -2.24. The van der Waals surface area contributed by atoms with Crippen LogP contribution < -0.4 is 21.5 Å². The number of nitrogens with zero attached hydrogens (tertiary/aromatic N) is 1. The average molecular weight is 498 g/mol. The van der Waals surface area contributed by atoms with Crippen molar-refractivity contribution in [1.29, 1.82) is 0 Å². The number of aryl methyl sites for hydroxylation is 1. The summed E-state index contributed by atoms with van der Waals surface area (Å²) in [4.78, 5) is 47.8. The van der Waals surface area contributed by atoms with Crippen LogP contribution in [0.5, 0.6) is 0 Å². The Bertz CT molecular complexity index is 1490. The van der Waals surface area contributed by atoms with E-state index in [0.717, 1.165) is 21.0 Å². The Morgan fingerprint density at radius 3 is 2.47 bits per heavy atom. The van der Waals surface area contributed by atoms with E-state index in [-0.39, 0.29) is 29.7 Å². The Labute approximate surface area is 211 Å². The molecule has 1 aliphatic heterocycles. The Morgan fingerprint density at radius 2 is 1.69 bits per heavy atom. The topological polar surface area (TPSA) is 116 Å². The highest BCUT2D eigenvalue weighted by Gasteiger charge is 2.35. The zero-order chi connectivity index (χ0) is 25.1. The molecule has 9 heteroatoms. The van der Waals surface area contributed by atoms with Gasteiger partial charge in [0, 0.05) is 21.9 Å². The number of hydrogen-bond donors (Lipinski definition) is 4. The number of carbonyl (C=O) groups excluding carboxylic acids is 2. The van der Waals surface area contributed by atoms with Gasteiger partial charge in [-0.3, -0.25) is 19.4 Å². The van der Waals surface area contributed by atoms with Crippen LogP contribution in [-0.2, 0) is 9.59 Å². The van der Waals surface area contributed by atoms with Gasteiger partial charge in [0.05, 0.1) is 17.2 Å². The van der Waals surface area contributed by atoms with Gasteiger partial charge in [-0.15, -0.1) is 0 Å². The van der Waals surface area contributed by atoms with E-state index in [2.05, 4.69) is 25.9 Å². The number of carbonyl (C=O) groups is 2. The first-order valence-electron chi connectivity index (χ1n) is 11.4. The molecular weight excluding hydrogens is 474 g/mol. The highest BCUT2D eigenvalue weighted by molar-refractivity contribution is 7.99. The smallest absolute Gasteiger partial charge is 0.258 e. The van der Waals surface area contributed by atoms with E-state index >= 15 is 0 Å². The molecule has 0 spiro atoms. The summed E-state index contributed by atoms with van der Waals surface area (Å²) in [6, 6.07) is 24.8. The maximum Gasteiger partial charge on any atom is 0.258 e. The molecule has 1 atom stereocenters. The normalized spacial score (nSPS) is 14.5. The van der Waals surface area contributed by atoms with Crippen LogP contribution in [0.4, 0.5) is 23.1 Å². The number of anilines is 4. The fourth-order valence-corrected chi connectivity index (χ4v) is 4.85. The SMILES string of the molecule is Cc1ccc(Nc2nc3c(c(=O)[nH]2)[C@@H](C(=O)Nc2ccccc2Sc2ccccc2)CC(=O)N3)cc1. The minimum Gasteiger partial charge on any atom is -0.326 e. The zero-order valence-electron chi connectivity index (χ0n) is 19.4. The van der Waals surface area contributed by atoms with Crippen LogP contribution in [0.25, 0.3) is 0 Å². The van der Waals surface area contributed by atoms with Crippen molar-refractivity contribution in [2.45, 2.75) is 29.1 Å². The number of para-hydroxylation sites is 1. The molecule has 0 fully saturated rings. The molecule has 180 valence electrons. The molecule has 0 saturated heterocycles. The monoisotopic (exact) mass is 497 g/mol. The third-order valence-corrected chi connectivity index (χ3v) is 6.78. The van der Waals surface area contributed by atoms with Gasteiger partial charge >= 0.3 is 0 Å². The van der Waals surface area contributed by atoms with Gasteiger partial charge in [0.25, 0.3) is 5.56 Å². The quantitative estimate of drug-likeness (QED) is 0.297. The van der Waals surface area contributed by atoms with Crippen molar-refractivity contribution in [2.24, 2.45) is 0 Å². The minimum absolute atomic E-state index is 0.0803. The first-order chi connectivity index (χ1) is 17.5. The van der Waals surface area contributed by atoms with Crippen LogP contribution in [0.3, 0.4) is 0 Å². The number of fused-ring (bicyclic) bond motifs is 1. The zero-order valence-corrected chi connectivity index (χ0v) is 20.2. The fraction of sp³-hybridized carbons (Fsp3) is 0.111. The van der Waals surface area contributed by atoms with Gasteiger partial charge < -0.3 is 16.0 Å². The summed E-state index contributed by atoms with van der Waals surface area (Å²) in [7, 11) is 0. The minimum atomic E-state index is -0.979. The Kier molecular flexibility index (Phi) is 6.55. The highest BCUT2D eigenvalue weighted by atomic mass is 32.2. The summed E-state index contributed by atoms with van der Waals surface area (Å²) in [5.74, 6) is -1.55. The third kappa shape index (κ3) is 5.16. The Morgan fingerprint density at radius 1 is 0.972 bits per heavy atom. The van der Waals surface area contributed by atoms with Crippen LogP contribution in [0.1, 0.15) is 23.5 Å². The molecule has 8 nitrogen and oxygen atoms in total. The lowest BCUT2D eigenvalue weighted by atomic mass is 9.92. The second-order valence-corrected chi connectivity index (χ2v) is 9.49. The summed E-state index contributed by atoms with van der Waals surface area (Å²) in [5.41, 5.74) is 2.08. The maximum absolute atomic E-state index is 13.3. The van der Waals surface area contributed by atoms with Gasteiger partial charge in [-0.05, 0) is 43.3 Å². The average Bonchev–Trinajstić information content (AvgIpc) is 2.86. The second kappa shape index (κ2) is 10.1. The van der Waals surface area contributed by atoms with Crippen LogP contribution in [-0.4, -0.2) is 21.8 Å². The predicted octanol–water partition coefficient (Wildman–Crippen LogP) is 5.04. The predicted molar refractivity (Wildman–Crippen MR) is 141 cm³/mol. The molecule has 0 radical (unpaired) electrons. The molecule has 3 aromatic carbocycles. The van der Waals surface area contributed by atoms with Gasteiger partial charge in [-0.25, -0.2) is 0 Å². The van der Waals surface area contributed by atoms with E-state index in [1.165, 1.54) is 11.8 Å². The number of aromatic nitrogens is 2. The van der Waals surface area contributed by atoms with E-state index in [1.54, 1.807) is 6.07 Å². The number of benzene rings is 3. The van der Waals surface area contributed by atoms with Crippen LogP contribution >= 0.6 is 11.8 Å². The number of aromatic amines is 1. The summed E-state index contributed by atoms with van der Waals surface area (Å²) in [6.07, 6.45) is -0.150. The Balaban J connectivity index is 1.41. The lowest BCUT2D eigenvalue weighted by Crippen LogP contribution is -2.36. The summed E-state index contributed by atoms with van der Waals surface area (Å²) < 4.78 is 0. The van der Waals surface area contributed by atoms with Crippen molar-refractivity contribution in [3.8, 4) is 0 Å². The molecule has 2 amide bonds. The first kappa shape index (κ1) is 23.4. The van der Waals surface area contributed by atoms with E-state index < -0.39 is 17.4 Å². The second-order valence-electron chi connectivity index (χ2n) is 8.37. The van der Waals surface area contributed by atoms with Gasteiger partial charge in [0.15, 0.2) is 0 Å². The molecule has 2 heterocycles. The largest absolute Gasteiger partial charge is 0.326 e. The van der Waals surface area contributed by atoms with Crippen molar-refractivity contribution < 1.29 is 9.59 Å².